The number of furan rings is 1. The summed E-state index contributed by atoms with van der Waals surface area (Å²) in [6, 6.07) is 19.8. The largest absolute Gasteiger partial charge is 0.455 e. The predicted octanol–water partition coefficient (Wildman–Crippen LogP) is 7.37. The maximum absolute atomic E-state index is 6.56. The maximum Gasteiger partial charge on any atom is 0.216 e. The van der Waals surface area contributed by atoms with E-state index in [1.54, 1.807) is 0 Å². The number of thiophene rings is 1. The first-order valence-electron chi connectivity index (χ1n) is 10.3. The van der Waals surface area contributed by atoms with Gasteiger partial charge in [0.1, 0.15) is 18.2 Å². The van der Waals surface area contributed by atoms with Crippen molar-refractivity contribution in [2.45, 2.75) is 20.8 Å². The summed E-state index contributed by atoms with van der Waals surface area (Å²) in [5, 5.41) is 4.95. The van der Waals surface area contributed by atoms with E-state index in [0.29, 0.717) is 0 Å². The van der Waals surface area contributed by atoms with Crippen molar-refractivity contribution >= 4 is 53.4 Å². The Morgan fingerprint density at radius 2 is 1.57 bits per heavy atom. The number of benzene rings is 3. The summed E-state index contributed by atoms with van der Waals surface area (Å²) >= 11 is 1.85. The second kappa shape index (κ2) is 6.16. The van der Waals surface area contributed by atoms with Crippen LogP contribution in [0.4, 0.5) is 0 Å². The Bertz CT molecular complexity index is 1630. The Hall–Kier alpha value is -3.17. The smallest absolute Gasteiger partial charge is 0.216 e. The van der Waals surface area contributed by atoms with Crippen molar-refractivity contribution in [3.05, 3.63) is 77.5 Å². The lowest BCUT2D eigenvalue weighted by Gasteiger charge is -2.07. The fourth-order valence-corrected chi connectivity index (χ4v) is 5.73. The molecule has 0 aliphatic rings. The van der Waals surface area contributed by atoms with E-state index >= 15 is 0 Å². The quantitative estimate of drug-likeness (QED) is 0.260. The third kappa shape index (κ3) is 2.39. The highest BCUT2D eigenvalue weighted by atomic mass is 32.1. The number of nitrogens with zero attached hydrogens (tertiary/aromatic N) is 1. The average Bonchev–Trinajstić information content (AvgIpc) is 3.26. The van der Waals surface area contributed by atoms with Crippen LogP contribution in [-0.4, -0.2) is 0 Å². The molecule has 0 aliphatic carbocycles. The molecule has 0 amide bonds. The number of hydrogen-bond acceptors (Lipinski definition) is 2. The zero-order valence-electron chi connectivity index (χ0n) is 17.5. The average molecular weight is 409 g/mol. The zero-order valence-corrected chi connectivity index (χ0v) is 18.4. The number of pyridine rings is 1. The zero-order chi connectivity index (χ0) is 20.6. The summed E-state index contributed by atoms with van der Waals surface area (Å²) in [5.74, 6) is 0. The van der Waals surface area contributed by atoms with Crippen LogP contribution >= 0.6 is 11.3 Å². The van der Waals surface area contributed by atoms with Crippen LogP contribution in [0.1, 0.15) is 16.7 Å². The summed E-state index contributed by atoms with van der Waals surface area (Å²) in [6.07, 6.45) is 2.20. The SMILES string of the molecule is Cc1cc(-c2c(C)ccc3c2oc2cc4c(cc23)sc2ccccc24)[n+](C)cc1C. The third-order valence-corrected chi connectivity index (χ3v) is 7.48. The Balaban J connectivity index is 1.72. The van der Waals surface area contributed by atoms with Crippen LogP contribution in [0.25, 0.3) is 53.4 Å². The van der Waals surface area contributed by atoms with E-state index in [1.807, 2.05) is 11.3 Å². The maximum atomic E-state index is 6.56. The Labute approximate surface area is 179 Å². The molecule has 146 valence electrons. The summed E-state index contributed by atoms with van der Waals surface area (Å²) in [5.41, 5.74) is 8.12. The normalized spacial score (nSPS) is 12.0. The second-order valence-electron chi connectivity index (χ2n) is 8.31. The van der Waals surface area contributed by atoms with Crippen molar-refractivity contribution < 1.29 is 8.98 Å². The topological polar surface area (TPSA) is 17.0 Å². The van der Waals surface area contributed by atoms with Gasteiger partial charge < -0.3 is 4.42 Å². The molecule has 3 heteroatoms. The van der Waals surface area contributed by atoms with E-state index in [1.165, 1.54) is 58.9 Å². The van der Waals surface area contributed by atoms with Gasteiger partial charge in [-0.25, -0.2) is 4.57 Å². The molecule has 30 heavy (non-hydrogen) atoms. The minimum absolute atomic E-state index is 0.958. The van der Waals surface area contributed by atoms with Gasteiger partial charge in [0.05, 0.1) is 5.56 Å². The Kier molecular flexibility index (Phi) is 3.63. The lowest BCUT2D eigenvalue weighted by molar-refractivity contribution is -0.660. The van der Waals surface area contributed by atoms with E-state index in [4.69, 9.17) is 4.42 Å². The molecular weight excluding hydrogens is 386 g/mol. The van der Waals surface area contributed by atoms with Gasteiger partial charge in [-0.3, -0.25) is 0 Å². The van der Waals surface area contributed by atoms with Gasteiger partial charge >= 0.3 is 0 Å². The molecule has 6 rings (SSSR count). The lowest BCUT2D eigenvalue weighted by atomic mass is 9.99. The highest BCUT2D eigenvalue weighted by molar-refractivity contribution is 7.25. The molecule has 0 bridgehead atoms. The molecule has 6 aromatic rings. The number of aryl methyl sites for hydroxylation is 4. The van der Waals surface area contributed by atoms with E-state index < -0.39 is 0 Å². The third-order valence-electron chi connectivity index (χ3n) is 6.35. The van der Waals surface area contributed by atoms with E-state index in [2.05, 4.69) is 93.2 Å². The number of rotatable bonds is 1. The molecule has 3 aromatic heterocycles. The van der Waals surface area contributed by atoms with Gasteiger partial charge in [-0.2, -0.15) is 0 Å². The lowest BCUT2D eigenvalue weighted by Crippen LogP contribution is -2.31. The number of fused-ring (bicyclic) bond motifs is 6. The van der Waals surface area contributed by atoms with Crippen LogP contribution in [-0.2, 0) is 7.05 Å². The van der Waals surface area contributed by atoms with Crippen LogP contribution in [0.15, 0.2) is 65.2 Å². The number of aromatic nitrogens is 1. The summed E-state index contributed by atoms with van der Waals surface area (Å²) in [4.78, 5) is 0. The molecule has 0 radical (unpaired) electrons. The highest BCUT2D eigenvalue weighted by Gasteiger charge is 2.22. The van der Waals surface area contributed by atoms with Crippen molar-refractivity contribution in [3.8, 4) is 11.3 Å². The van der Waals surface area contributed by atoms with Gasteiger partial charge in [-0.15, -0.1) is 11.3 Å². The Morgan fingerprint density at radius 1 is 0.733 bits per heavy atom. The van der Waals surface area contributed by atoms with Gasteiger partial charge in [-0.1, -0.05) is 30.3 Å². The van der Waals surface area contributed by atoms with Crippen molar-refractivity contribution in [2.75, 3.05) is 0 Å². The predicted molar refractivity (Wildman–Crippen MR) is 127 cm³/mol. The van der Waals surface area contributed by atoms with Crippen molar-refractivity contribution in [1.29, 1.82) is 0 Å². The van der Waals surface area contributed by atoms with Gasteiger partial charge in [0.25, 0.3) is 0 Å². The van der Waals surface area contributed by atoms with Gasteiger partial charge in [0, 0.05) is 42.6 Å². The second-order valence-corrected chi connectivity index (χ2v) is 9.40. The first-order valence-corrected chi connectivity index (χ1v) is 11.1. The monoisotopic (exact) mass is 408 g/mol. The molecule has 0 fully saturated rings. The molecule has 0 spiro atoms. The standard InChI is InChI=1S/C27H22NOS/c1-15-9-10-19-20-13-25-21(18-7-5-6-8-24(18)30-25)12-23(20)29-27(19)26(15)22-11-16(2)17(3)14-28(22)4/h5-14H,1-4H3/q+1. The van der Waals surface area contributed by atoms with Gasteiger partial charge in [-0.05, 0) is 50.1 Å². The molecule has 0 saturated carbocycles. The molecule has 0 unspecified atom stereocenters. The highest BCUT2D eigenvalue weighted by Crippen LogP contribution is 2.42. The van der Waals surface area contributed by atoms with Crippen molar-refractivity contribution in [3.63, 3.8) is 0 Å². The molecule has 3 heterocycles. The molecule has 2 nitrogen and oxygen atoms in total. The van der Waals surface area contributed by atoms with E-state index in [9.17, 15) is 0 Å². The minimum Gasteiger partial charge on any atom is -0.455 e. The van der Waals surface area contributed by atoms with E-state index in [0.717, 1.165) is 11.2 Å². The molecule has 0 saturated heterocycles. The first-order chi connectivity index (χ1) is 14.5. The summed E-state index contributed by atoms with van der Waals surface area (Å²) < 4.78 is 11.4. The van der Waals surface area contributed by atoms with Crippen LogP contribution in [0.5, 0.6) is 0 Å². The summed E-state index contributed by atoms with van der Waals surface area (Å²) in [6.45, 7) is 6.50. The molecule has 0 aliphatic heterocycles. The summed E-state index contributed by atoms with van der Waals surface area (Å²) in [7, 11) is 2.12. The number of hydrogen-bond donors (Lipinski definition) is 0. The van der Waals surface area contributed by atoms with Crippen molar-refractivity contribution in [1.82, 2.24) is 0 Å². The van der Waals surface area contributed by atoms with Crippen molar-refractivity contribution in [2.24, 2.45) is 7.05 Å². The minimum atomic E-state index is 0.958. The fourth-order valence-electron chi connectivity index (χ4n) is 4.60. The molecule has 3 aromatic carbocycles. The van der Waals surface area contributed by atoms with Crippen LogP contribution in [0.2, 0.25) is 0 Å². The fraction of sp³-hybridized carbons (Fsp3) is 0.148. The van der Waals surface area contributed by atoms with Gasteiger partial charge in [0.15, 0.2) is 6.20 Å². The Morgan fingerprint density at radius 3 is 2.43 bits per heavy atom. The van der Waals surface area contributed by atoms with Crippen LogP contribution in [0, 0.1) is 20.8 Å². The molecule has 0 atom stereocenters. The first kappa shape index (κ1) is 17.7. The van der Waals surface area contributed by atoms with Gasteiger partial charge in [0.2, 0.25) is 5.69 Å². The van der Waals surface area contributed by atoms with Crippen LogP contribution < -0.4 is 4.57 Å². The molecule has 0 N–H and O–H groups in total. The van der Waals surface area contributed by atoms with E-state index in [-0.39, 0.29) is 0 Å². The van der Waals surface area contributed by atoms with Crippen LogP contribution in [0.3, 0.4) is 0 Å². The molecular formula is C27H22NOS+.